The number of thioether (sulfide) groups is 1. The fourth-order valence-corrected chi connectivity index (χ4v) is 1.54. The number of allylic oxidation sites excluding steroid dienone is 1. The monoisotopic (exact) mass is 116 g/mol. The van der Waals surface area contributed by atoms with E-state index in [1.165, 1.54) is 18.4 Å². The van der Waals surface area contributed by atoms with Gasteiger partial charge in [-0.05, 0) is 18.6 Å². The lowest BCUT2D eigenvalue weighted by Crippen LogP contribution is -1.62. The summed E-state index contributed by atoms with van der Waals surface area (Å²) >= 11 is 1.75. The Morgan fingerprint density at radius 3 is 2.86 bits per heavy atom. The molecule has 1 heterocycles. The molecule has 0 spiro atoms. The average molecular weight is 116 g/mol. The molecule has 0 aliphatic carbocycles. The summed E-state index contributed by atoms with van der Waals surface area (Å²) in [5.41, 5.74) is 0. The summed E-state index contributed by atoms with van der Waals surface area (Å²) < 4.78 is 0. The van der Waals surface area contributed by atoms with E-state index in [2.05, 4.69) is 0 Å². The molecule has 40 valence electrons. The maximum atomic E-state index is 8.38. The van der Waals surface area contributed by atoms with E-state index in [-0.39, 0.29) is 0 Å². The van der Waals surface area contributed by atoms with Gasteiger partial charge in [0.05, 0.1) is 6.26 Å². The summed E-state index contributed by atoms with van der Waals surface area (Å²) in [5.74, 6) is 1.19. The molecule has 0 radical (unpaired) electrons. The van der Waals surface area contributed by atoms with Crippen molar-refractivity contribution in [2.75, 3.05) is 5.75 Å². The van der Waals surface area contributed by atoms with Crippen LogP contribution in [0.2, 0.25) is 0 Å². The minimum atomic E-state index is 1.08. The zero-order valence-electron chi connectivity index (χ0n) is 4.05. The summed E-state index contributed by atoms with van der Waals surface area (Å²) in [4.78, 5) is 1.14. The summed E-state index contributed by atoms with van der Waals surface area (Å²) in [6.45, 7) is 0. The van der Waals surface area contributed by atoms with Gasteiger partial charge in [-0.1, -0.05) is 0 Å². The Bertz CT molecular complexity index is 80.1. The predicted molar refractivity (Wildman–Crippen MR) is 32.4 cm³/mol. The zero-order valence-corrected chi connectivity index (χ0v) is 4.87. The molecule has 1 rings (SSSR count). The van der Waals surface area contributed by atoms with Crippen molar-refractivity contribution >= 4 is 11.8 Å². The lowest BCUT2D eigenvalue weighted by atomic mass is 10.3. The van der Waals surface area contributed by atoms with Crippen molar-refractivity contribution in [3.05, 3.63) is 11.2 Å². The minimum absolute atomic E-state index is 1.08. The van der Waals surface area contributed by atoms with Crippen molar-refractivity contribution < 1.29 is 5.11 Å². The maximum Gasteiger partial charge on any atom is 0.0886 e. The normalized spacial score (nSPS) is 26.6. The van der Waals surface area contributed by atoms with Crippen LogP contribution in [0.4, 0.5) is 0 Å². The number of rotatable bonds is 0. The van der Waals surface area contributed by atoms with E-state index in [1.54, 1.807) is 11.8 Å². The van der Waals surface area contributed by atoms with E-state index >= 15 is 0 Å². The van der Waals surface area contributed by atoms with Crippen molar-refractivity contribution in [3.63, 3.8) is 0 Å². The number of aliphatic hydroxyl groups excluding tert-OH is 1. The average Bonchev–Trinajstić information content (AvgIpc) is 2.14. The molecule has 0 atom stereocenters. The van der Waals surface area contributed by atoms with E-state index in [1.807, 2.05) is 0 Å². The second-order valence-corrected chi connectivity index (χ2v) is 2.77. The van der Waals surface area contributed by atoms with Crippen molar-refractivity contribution in [1.82, 2.24) is 0 Å². The molecule has 0 unspecified atom stereocenters. The Morgan fingerprint density at radius 1 is 1.71 bits per heavy atom. The van der Waals surface area contributed by atoms with Gasteiger partial charge >= 0.3 is 0 Å². The van der Waals surface area contributed by atoms with Gasteiger partial charge in [-0.15, -0.1) is 11.8 Å². The Labute approximate surface area is 47.4 Å². The van der Waals surface area contributed by atoms with Crippen LogP contribution >= 0.6 is 11.8 Å². The molecular weight excluding hydrogens is 108 g/mol. The third-order valence-electron chi connectivity index (χ3n) is 0.999. The molecule has 7 heavy (non-hydrogen) atoms. The van der Waals surface area contributed by atoms with Crippen LogP contribution < -0.4 is 0 Å². The molecule has 1 nitrogen and oxygen atoms in total. The second kappa shape index (κ2) is 2.26. The molecule has 1 saturated heterocycles. The second-order valence-electron chi connectivity index (χ2n) is 1.55. The molecule has 0 saturated carbocycles. The van der Waals surface area contributed by atoms with Gasteiger partial charge < -0.3 is 5.11 Å². The highest BCUT2D eigenvalue weighted by Crippen LogP contribution is 2.28. The van der Waals surface area contributed by atoms with E-state index in [0.717, 1.165) is 11.3 Å². The van der Waals surface area contributed by atoms with Gasteiger partial charge in [0.25, 0.3) is 0 Å². The molecule has 1 N–H and O–H groups in total. The van der Waals surface area contributed by atoms with E-state index < -0.39 is 0 Å². The SMILES string of the molecule is O/C=C1\CCCS1. The van der Waals surface area contributed by atoms with Crippen LogP contribution in [0.3, 0.4) is 0 Å². The van der Waals surface area contributed by atoms with Crippen LogP contribution in [0.5, 0.6) is 0 Å². The van der Waals surface area contributed by atoms with Crippen LogP contribution in [0.15, 0.2) is 11.2 Å². The van der Waals surface area contributed by atoms with Gasteiger partial charge in [0.2, 0.25) is 0 Å². The molecule has 1 aliphatic rings. The number of aliphatic hydroxyl groups is 1. The molecule has 0 aromatic heterocycles. The van der Waals surface area contributed by atoms with Gasteiger partial charge in [0, 0.05) is 4.91 Å². The summed E-state index contributed by atoms with van der Waals surface area (Å²) in [6, 6.07) is 0. The van der Waals surface area contributed by atoms with E-state index in [9.17, 15) is 0 Å². The Hall–Kier alpha value is -0.110. The summed E-state index contributed by atoms with van der Waals surface area (Å²) in [6.07, 6.45) is 3.54. The maximum absolute atomic E-state index is 8.38. The fraction of sp³-hybridized carbons (Fsp3) is 0.600. The first kappa shape index (κ1) is 5.04. The highest BCUT2D eigenvalue weighted by atomic mass is 32.2. The van der Waals surface area contributed by atoms with Gasteiger partial charge in [0.1, 0.15) is 0 Å². The van der Waals surface area contributed by atoms with Crippen molar-refractivity contribution in [1.29, 1.82) is 0 Å². The number of hydrogen-bond acceptors (Lipinski definition) is 2. The zero-order chi connectivity index (χ0) is 5.11. The van der Waals surface area contributed by atoms with E-state index in [4.69, 9.17) is 5.11 Å². The van der Waals surface area contributed by atoms with Gasteiger partial charge in [-0.25, -0.2) is 0 Å². The number of hydrogen-bond donors (Lipinski definition) is 1. The van der Waals surface area contributed by atoms with Gasteiger partial charge in [-0.3, -0.25) is 0 Å². The van der Waals surface area contributed by atoms with E-state index in [0.29, 0.717) is 0 Å². The largest absolute Gasteiger partial charge is 0.515 e. The first-order valence-electron chi connectivity index (χ1n) is 2.39. The fourth-order valence-electron chi connectivity index (χ4n) is 0.624. The molecule has 1 fully saturated rings. The highest BCUT2D eigenvalue weighted by Gasteiger charge is 2.05. The first-order valence-corrected chi connectivity index (χ1v) is 3.38. The van der Waals surface area contributed by atoms with Crippen LogP contribution in [-0.4, -0.2) is 10.9 Å². The molecule has 0 bridgehead atoms. The van der Waals surface area contributed by atoms with Crippen LogP contribution in [0.25, 0.3) is 0 Å². The quantitative estimate of drug-likeness (QED) is 0.488. The third-order valence-corrected chi connectivity index (χ3v) is 2.17. The van der Waals surface area contributed by atoms with Crippen molar-refractivity contribution in [2.24, 2.45) is 0 Å². The van der Waals surface area contributed by atoms with Crippen LogP contribution in [-0.2, 0) is 0 Å². The molecular formula is C5H8OS. The standard InChI is InChI=1S/C5H8OS/c6-4-5-2-1-3-7-5/h4,6H,1-3H2/b5-4+. The van der Waals surface area contributed by atoms with Crippen LogP contribution in [0, 0.1) is 0 Å². The summed E-state index contributed by atoms with van der Waals surface area (Å²) in [7, 11) is 0. The minimum Gasteiger partial charge on any atom is -0.515 e. The van der Waals surface area contributed by atoms with Crippen LogP contribution in [0.1, 0.15) is 12.8 Å². The predicted octanol–water partition coefficient (Wildman–Crippen LogP) is 1.91. The smallest absolute Gasteiger partial charge is 0.0886 e. The lowest BCUT2D eigenvalue weighted by Gasteiger charge is -1.83. The molecule has 2 heteroatoms. The van der Waals surface area contributed by atoms with Gasteiger partial charge in [-0.2, -0.15) is 0 Å². The van der Waals surface area contributed by atoms with Crippen molar-refractivity contribution in [3.8, 4) is 0 Å². The Balaban J connectivity index is 2.41. The molecule has 0 amide bonds. The summed E-state index contributed by atoms with van der Waals surface area (Å²) in [5, 5.41) is 8.38. The Morgan fingerprint density at radius 2 is 2.57 bits per heavy atom. The lowest BCUT2D eigenvalue weighted by molar-refractivity contribution is 0.469. The molecule has 0 aromatic rings. The first-order chi connectivity index (χ1) is 3.43. The highest BCUT2D eigenvalue weighted by molar-refractivity contribution is 8.03. The molecule has 0 aromatic carbocycles. The Kier molecular flexibility index (Phi) is 1.63. The topological polar surface area (TPSA) is 20.2 Å². The van der Waals surface area contributed by atoms with Gasteiger partial charge in [0.15, 0.2) is 0 Å². The third kappa shape index (κ3) is 1.13. The molecule has 1 aliphatic heterocycles. The van der Waals surface area contributed by atoms with Crippen molar-refractivity contribution in [2.45, 2.75) is 12.8 Å².